The van der Waals surface area contributed by atoms with Crippen LogP contribution in [0.5, 0.6) is 0 Å². The zero-order chi connectivity index (χ0) is 23.8. The van der Waals surface area contributed by atoms with Gasteiger partial charge in [0.15, 0.2) is 11.5 Å². The van der Waals surface area contributed by atoms with Gasteiger partial charge in [-0.25, -0.2) is 8.42 Å². The van der Waals surface area contributed by atoms with Crippen molar-refractivity contribution in [3.05, 3.63) is 46.8 Å². The zero-order valence-corrected chi connectivity index (χ0v) is 20.2. The number of sulfonamides is 1. The number of aryl methyl sites for hydroxylation is 3. The van der Waals surface area contributed by atoms with Crippen molar-refractivity contribution in [1.82, 2.24) is 14.4 Å². The third kappa shape index (κ3) is 4.75. The van der Waals surface area contributed by atoms with Crippen LogP contribution >= 0.6 is 0 Å². The number of nitrogens with zero attached hydrogens (tertiary/aromatic N) is 3. The van der Waals surface area contributed by atoms with Crippen molar-refractivity contribution in [3.8, 4) is 0 Å². The summed E-state index contributed by atoms with van der Waals surface area (Å²) >= 11 is 0. The molecule has 1 atom stereocenters. The Hall–Kier alpha value is -2.52. The molecule has 2 aliphatic rings. The highest BCUT2D eigenvalue weighted by Gasteiger charge is 2.38. The van der Waals surface area contributed by atoms with Crippen LogP contribution in [0.2, 0.25) is 0 Å². The van der Waals surface area contributed by atoms with Gasteiger partial charge in [0.1, 0.15) is 10.6 Å². The number of aromatic nitrogens is 1. The lowest BCUT2D eigenvalue weighted by molar-refractivity contribution is -0.138. The van der Waals surface area contributed by atoms with Crippen LogP contribution in [0.1, 0.15) is 53.1 Å². The Morgan fingerprint density at radius 2 is 1.64 bits per heavy atom. The Morgan fingerprint density at radius 1 is 0.970 bits per heavy atom. The highest BCUT2D eigenvalue weighted by Crippen LogP contribution is 2.30. The molecule has 2 fully saturated rings. The van der Waals surface area contributed by atoms with Gasteiger partial charge in [-0.15, -0.1) is 0 Å². The van der Waals surface area contributed by atoms with Gasteiger partial charge in [0.05, 0.1) is 5.92 Å². The standard InChI is InChI=1S/C24H31N3O5S/c1-16-6-8-19(9-7-16)22(28)20-10-13-26(14-11-20)24(29)21-5-4-12-27(15-21)33(30,31)23-17(2)25-32-18(23)3/h6-9,20-21H,4-5,10-15H2,1-3H3. The summed E-state index contributed by atoms with van der Waals surface area (Å²) < 4.78 is 32.8. The summed E-state index contributed by atoms with van der Waals surface area (Å²) in [5.74, 6) is -0.0782. The lowest BCUT2D eigenvalue weighted by Crippen LogP contribution is -2.49. The minimum atomic E-state index is -3.77. The molecule has 4 rings (SSSR count). The van der Waals surface area contributed by atoms with Crippen molar-refractivity contribution < 1.29 is 22.5 Å². The number of carbonyl (C=O) groups is 2. The summed E-state index contributed by atoms with van der Waals surface area (Å²) in [5.41, 5.74) is 2.17. The van der Waals surface area contributed by atoms with E-state index < -0.39 is 10.0 Å². The third-order valence-electron chi connectivity index (χ3n) is 6.81. The number of likely N-dealkylation sites (tertiary alicyclic amines) is 1. The molecule has 0 aliphatic carbocycles. The monoisotopic (exact) mass is 473 g/mol. The number of ketones is 1. The number of piperidine rings is 2. The number of carbonyl (C=O) groups excluding carboxylic acids is 2. The highest BCUT2D eigenvalue weighted by molar-refractivity contribution is 7.89. The molecule has 1 unspecified atom stereocenters. The van der Waals surface area contributed by atoms with E-state index in [9.17, 15) is 18.0 Å². The molecule has 0 spiro atoms. The predicted molar refractivity (Wildman–Crippen MR) is 122 cm³/mol. The Balaban J connectivity index is 1.38. The highest BCUT2D eigenvalue weighted by atomic mass is 32.2. The summed E-state index contributed by atoms with van der Waals surface area (Å²) in [6, 6.07) is 7.62. The fourth-order valence-electron chi connectivity index (χ4n) is 4.91. The minimum Gasteiger partial charge on any atom is -0.360 e. The maximum Gasteiger partial charge on any atom is 0.248 e. The van der Waals surface area contributed by atoms with Crippen LogP contribution in [0.4, 0.5) is 0 Å². The minimum absolute atomic E-state index is 0.0186. The Morgan fingerprint density at radius 3 is 2.24 bits per heavy atom. The molecular weight excluding hydrogens is 442 g/mol. The van der Waals surface area contributed by atoms with Gasteiger partial charge >= 0.3 is 0 Å². The molecule has 1 amide bonds. The van der Waals surface area contributed by atoms with E-state index in [1.807, 2.05) is 31.2 Å². The topological polar surface area (TPSA) is 101 Å². The number of hydrogen-bond acceptors (Lipinski definition) is 6. The summed E-state index contributed by atoms with van der Waals surface area (Å²) in [6.07, 6.45) is 2.55. The first-order valence-electron chi connectivity index (χ1n) is 11.5. The van der Waals surface area contributed by atoms with Gasteiger partial charge in [-0.1, -0.05) is 35.0 Å². The number of amides is 1. The number of Topliss-reactive ketones (excluding diaryl/α,β-unsaturated/α-hetero) is 1. The van der Waals surface area contributed by atoms with E-state index in [0.29, 0.717) is 51.0 Å². The molecule has 0 radical (unpaired) electrons. The molecule has 8 nitrogen and oxygen atoms in total. The molecule has 1 aromatic carbocycles. The molecule has 0 saturated carbocycles. The number of rotatable bonds is 5. The summed E-state index contributed by atoms with van der Waals surface area (Å²) in [6.45, 7) is 6.77. The second kappa shape index (κ2) is 9.38. The van der Waals surface area contributed by atoms with Crippen molar-refractivity contribution in [2.75, 3.05) is 26.2 Å². The zero-order valence-electron chi connectivity index (χ0n) is 19.4. The average molecular weight is 474 g/mol. The molecule has 1 aromatic heterocycles. The fourth-order valence-corrected chi connectivity index (χ4v) is 6.72. The summed E-state index contributed by atoms with van der Waals surface area (Å²) in [5, 5.41) is 3.77. The first kappa shape index (κ1) is 23.6. The average Bonchev–Trinajstić information content (AvgIpc) is 3.17. The smallest absolute Gasteiger partial charge is 0.248 e. The van der Waals surface area contributed by atoms with E-state index in [2.05, 4.69) is 5.16 Å². The van der Waals surface area contributed by atoms with Crippen LogP contribution in [0.15, 0.2) is 33.7 Å². The van der Waals surface area contributed by atoms with E-state index in [1.165, 1.54) is 4.31 Å². The molecule has 9 heteroatoms. The van der Waals surface area contributed by atoms with Crippen molar-refractivity contribution in [2.24, 2.45) is 11.8 Å². The first-order chi connectivity index (χ1) is 15.7. The second-order valence-electron chi connectivity index (χ2n) is 9.19. The maximum atomic E-state index is 13.2. The van der Waals surface area contributed by atoms with Crippen molar-refractivity contribution in [3.63, 3.8) is 0 Å². The van der Waals surface area contributed by atoms with Gasteiger partial charge in [0.25, 0.3) is 0 Å². The fraction of sp³-hybridized carbons (Fsp3) is 0.542. The van der Waals surface area contributed by atoms with Crippen LogP contribution in [0.3, 0.4) is 0 Å². The van der Waals surface area contributed by atoms with Crippen molar-refractivity contribution >= 4 is 21.7 Å². The molecule has 0 N–H and O–H groups in total. The molecular formula is C24H31N3O5S. The largest absolute Gasteiger partial charge is 0.360 e. The molecule has 2 saturated heterocycles. The van der Waals surface area contributed by atoms with Crippen molar-refractivity contribution in [1.29, 1.82) is 0 Å². The maximum absolute atomic E-state index is 13.2. The summed E-state index contributed by atoms with van der Waals surface area (Å²) in [7, 11) is -3.77. The van der Waals surface area contributed by atoms with Gasteiger partial charge in [0.2, 0.25) is 15.9 Å². The molecule has 33 heavy (non-hydrogen) atoms. The lowest BCUT2D eigenvalue weighted by Gasteiger charge is -2.37. The predicted octanol–water partition coefficient (Wildman–Crippen LogP) is 3.12. The van der Waals surface area contributed by atoms with Crippen LogP contribution in [0, 0.1) is 32.6 Å². The van der Waals surface area contributed by atoms with E-state index in [1.54, 1.807) is 18.7 Å². The lowest BCUT2D eigenvalue weighted by atomic mass is 9.87. The first-order valence-corrected chi connectivity index (χ1v) is 12.9. The Bertz CT molecular complexity index is 1110. The summed E-state index contributed by atoms with van der Waals surface area (Å²) in [4.78, 5) is 27.9. The number of hydrogen-bond donors (Lipinski definition) is 0. The number of benzene rings is 1. The molecule has 178 valence electrons. The van der Waals surface area contributed by atoms with E-state index in [-0.39, 0.29) is 40.7 Å². The second-order valence-corrected chi connectivity index (χ2v) is 11.1. The Kier molecular flexibility index (Phi) is 6.72. The van der Waals surface area contributed by atoms with Crippen LogP contribution in [-0.4, -0.2) is 60.6 Å². The molecule has 3 heterocycles. The van der Waals surface area contributed by atoms with E-state index in [4.69, 9.17) is 4.52 Å². The Labute approximate surface area is 195 Å². The van der Waals surface area contributed by atoms with Crippen LogP contribution in [-0.2, 0) is 14.8 Å². The van der Waals surface area contributed by atoms with Gasteiger partial charge < -0.3 is 9.42 Å². The SMILES string of the molecule is Cc1ccc(C(=O)C2CCN(C(=O)C3CCCN(S(=O)(=O)c4c(C)noc4C)C3)CC2)cc1. The molecule has 0 bridgehead atoms. The normalized spacial score (nSPS) is 20.7. The van der Waals surface area contributed by atoms with Gasteiger partial charge in [0, 0.05) is 37.7 Å². The van der Waals surface area contributed by atoms with Crippen LogP contribution in [0.25, 0.3) is 0 Å². The quantitative estimate of drug-likeness (QED) is 0.619. The van der Waals surface area contributed by atoms with Gasteiger partial charge in [-0.2, -0.15) is 4.31 Å². The molecule has 2 aliphatic heterocycles. The molecule has 2 aromatic rings. The van der Waals surface area contributed by atoms with E-state index in [0.717, 1.165) is 11.1 Å². The van der Waals surface area contributed by atoms with Crippen molar-refractivity contribution in [2.45, 2.75) is 51.3 Å². The van der Waals surface area contributed by atoms with Crippen LogP contribution < -0.4 is 0 Å². The van der Waals surface area contributed by atoms with Gasteiger partial charge in [-0.05, 0) is 46.5 Å². The third-order valence-corrected chi connectivity index (χ3v) is 8.92. The van der Waals surface area contributed by atoms with E-state index >= 15 is 0 Å². The van der Waals surface area contributed by atoms with Gasteiger partial charge in [-0.3, -0.25) is 9.59 Å².